The van der Waals surface area contributed by atoms with Gasteiger partial charge >= 0.3 is 0 Å². The van der Waals surface area contributed by atoms with Gasteiger partial charge in [-0.3, -0.25) is 14.5 Å². The standard InChI is InChI=1S/C15H19BrN2O3/c16-12-5-3-11(4-6-12)14(19)2-1-7-18-8-9-21-10-13(18)15(17)20/h3-6,13H,1-2,7-10H2,(H2,17,20). The molecule has 114 valence electrons. The van der Waals surface area contributed by atoms with Gasteiger partial charge in [0.05, 0.1) is 13.2 Å². The lowest BCUT2D eigenvalue weighted by Crippen LogP contribution is -2.52. The number of benzene rings is 1. The minimum absolute atomic E-state index is 0.117. The molecule has 1 fully saturated rings. The minimum atomic E-state index is -0.374. The van der Waals surface area contributed by atoms with Crippen molar-refractivity contribution in [2.45, 2.75) is 18.9 Å². The van der Waals surface area contributed by atoms with Gasteiger partial charge in [0.1, 0.15) is 6.04 Å². The fourth-order valence-electron chi connectivity index (χ4n) is 2.39. The molecule has 1 aromatic carbocycles. The van der Waals surface area contributed by atoms with E-state index in [2.05, 4.69) is 15.9 Å². The van der Waals surface area contributed by atoms with Gasteiger partial charge in [0.25, 0.3) is 0 Å². The number of amides is 1. The number of hydrogen-bond acceptors (Lipinski definition) is 4. The maximum absolute atomic E-state index is 12.1. The Hall–Kier alpha value is -1.24. The van der Waals surface area contributed by atoms with Crippen molar-refractivity contribution in [2.24, 2.45) is 5.73 Å². The quantitative estimate of drug-likeness (QED) is 0.787. The molecule has 1 amide bonds. The lowest BCUT2D eigenvalue weighted by Gasteiger charge is -2.33. The molecule has 1 saturated heterocycles. The number of ketones is 1. The number of morpholine rings is 1. The molecule has 6 heteroatoms. The Morgan fingerprint density at radius 2 is 2.05 bits per heavy atom. The topological polar surface area (TPSA) is 72.6 Å². The predicted molar refractivity (Wildman–Crippen MR) is 83.1 cm³/mol. The van der Waals surface area contributed by atoms with Crippen LogP contribution in [0.15, 0.2) is 28.7 Å². The summed E-state index contributed by atoms with van der Waals surface area (Å²) in [5.74, 6) is -0.250. The van der Waals surface area contributed by atoms with Gasteiger partial charge in [0.2, 0.25) is 5.91 Å². The van der Waals surface area contributed by atoms with Crippen LogP contribution in [0.3, 0.4) is 0 Å². The third-order valence-corrected chi connectivity index (χ3v) is 4.11. The van der Waals surface area contributed by atoms with E-state index in [0.29, 0.717) is 44.7 Å². The Labute approximate surface area is 132 Å². The largest absolute Gasteiger partial charge is 0.378 e. The van der Waals surface area contributed by atoms with E-state index in [-0.39, 0.29) is 17.7 Å². The Bertz CT molecular complexity index is 504. The number of rotatable bonds is 6. The second-order valence-corrected chi connectivity index (χ2v) is 5.98. The average Bonchev–Trinajstić information content (AvgIpc) is 2.48. The van der Waals surface area contributed by atoms with Crippen LogP contribution in [0.25, 0.3) is 0 Å². The van der Waals surface area contributed by atoms with Crippen molar-refractivity contribution in [3.63, 3.8) is 0 Å². The van der Waals surface area contributed by atoms with E-state index >= 15 is 0 Å². The van der Waals surface area contributed by atoms with Crippen molar-refractivity contribution < 1.29 is 14.3 Å². The van der Waals surface area contributed by atoms with Gasteiger partial charge in [0.15, 0.2) is 5.78 Å². The maximum Gasteiger partial charge on any atom is 0.237 e. The average molecular weight is 355 g/mol. The van der Waals surface area contributed by atoms with Crippen LogP contribution in [-0.4, -0.2) is 48.9 Å². The van der Waals surface area contributed by atoms with E-state index in [1.807, 2.05) is 29.2 Å². The van der Waals surface area contributed by atoms with E-state index in [9.17, 15) is 9.59 Å². The third-order valence-electron chi connectivity index (χ3n) is 3.58. The summed E-state index contributed by atoms with van der Waals surface area (Å²) in [6.45, 7) is 2.31. The van der Waals surface area contributed by atoms with E-state index in [0.717, 1.165) is 4.47 Å². The van der Waals surface area contributed by atoms with Gasteiger partial charge in [-0.05, 0) is 25.1 Å². The van der Waals surface area contributed by atoms with E-state index in [1.54, 1.807) is 0 Å². The molecule has 2 rings (SSSR count). The van der Waals surface area contributed by atoms with Crippen LogP contribution in [0.2, 0.25) is 0 Å². The lowest BCUT2D eigenvalue weighted by molar-refractivity contribution is -0.129. The first-order valence-electron chi connectivity index (χ1n) is 6.98. The molecule has 2 N–H and O–H groups in total. The number of halogens is 1. The first kappa shape index (κ1) is 16.1. The SMILES string of the molecule is NC(=O)C1COCCN1CCCC(=O)c1ccc(Br)cc1. The summed E-state index contributed by atoms with van der Waals surface area (Å²) in [5, 5.41) is 0. The molecule has 0 spiro atoms. The maximum atomic E-state index is 12.1. The predicted octanol–water partition coefficient (Wildman–Crippen LogP) is 1.60. The molecule has 1 aliphatic heterocycles. The Balaban J connectivity index is 1.81. The van der Waals surface area contributed by atoms with Crippen LogP contribution in [0.1, 0.15) is 23.2 Å². The number of primary amides is 1. The number of carbonyl (C=O) groups is 2. The van der Waals surface area contributed by atoms with Gasteiger partial charge in [-0.25, -0.2) is 0 Å². The number of nitrogens with zero attached hydrogens (tertiary/aromatic N) is 1. The molecule has 0 saturated carbocycles. The Morgan fingerprint density at radius 1 is 1.33 bits per heavy atom. The zero-order chi connectivity index (χ0) is 15.2. The van der Waals surface area contributed by atoms with Gasteiger partial charge < -0.3 is 10.5 Å². The first-order valence-corrected chi connectivity index (χ1v) is 7.77. The molecule has 0 bridgehead atoms. The van der Waals surface area contributed by atoms with Crippen molar-refractivity contribution in [3.05, 3.63) is 34.3 Å². The second-order valence-electron chi connectivity index (χ2n) is 5.06. The van der Waals surface area contributed by atoms with Crippen molar-refractivity contribution in [1.82, 2.24) is 4.90 Å². The van der Waals surface area contributed by atoms with Crippen LogP contribution in [0.4, 0.5) is 0 Å². The van der Waals surface area contributed by atoms with E-state index in [4.69, 9.17) is 10.5 Å². The van der Waals surface area contributed by atoms with Crippen LogP contribution < -0.4 is 5.73 Å². The normalized spacial score (nSPS) is 19.4. The highest BCUT2D eigenvalue weighted by atomic mass is 79.9. The molecule has 0 aliphatic carbocycles. The number of Topliss-reactive ketones (excluding diaryl/α,β-unsaturated/α-hetero) is 1. The van der Waals surface area contributed by atoms with Crippen LogP contribution >= 0.6 is 15.9 Å². The summed E-state index contributed by atoms with van der Waals surface area (Å²) in [6.07, 6.45) is 1.17. The molecular formula is C15H19BrN2O3. The fourth-order valence-corrected chi connectivity index (χ4v) is 2.65. The molecule has 1 atom stereocenters. The Kier molecular flexibility index (Phi) is 5.90. The summed E-state index contributed by atoms with van der Waals surface area (Å²) in [4.78, 5) is 25.4. The number of carbonyl (C=O) groups excluding carboxylic acids is 2. The van der Waals surface area contributed by atoms with Gasteiger partial charge in [0, 0.05) is 23.0 Å². The molecule has 1 heterocycles. The highest BCUT2D eigenvalue weighted by molar-refractivity contribution is 9.10. The van der Waals surface area contributed by atoms with Crippen LogP contribution in [0, 0.1) is 0 Å². The summed E-state index contributed by atoms with van der Waals surface area (Å²) in [5.41, 5.74) is 6.08. The zero-order valence-corrected chi connectivity index (χ0v) is 13.3. The molecule has 0 aromatic heterocycles. The smallest absolute Gasteiger partial charge is 0.237 e. The summed E-state index contributed by atoms with van der Waals surface area (Å²) < 4.78 is 6.22. The summed E-state index contributed by atoms with van der Waals surface area (Å²) in [6, 6.07) is 6.97. The molecule has 1 unspecified atom stereocenters. The molecule has 21 heavy (non-hydrogen) atoms. The second kappa shape index (κ2) is 7.68. The van der Waals surface area contributed by atoms with Crippen LogP contribution in [-0.2, 0) is 9.53 Å². The molecule has 0 radical (unpaired) electrons. The van der Waals surface area contributed by atoms with Gasteiger partial charge in [-0.15, -0.1) is 0 Å². The lowest BCUT2D eigenvalue weighted by atomic mass is 10.1. The van der Waals surface area contributed by atoms with Crippen molar-refractivity contribution in [1.29, 1.82) is 0 Å². The minimum Gasteiger partial charge on any atom is -0.378 e. The van der Waals surface area contributed by atoms with Crippen molar-refractivity contribution in [2.75, 3.05) is 26.3 Å². The zero-order valence-electron chi connectivity index (χ0n) is 11.8. The third kappa shape index (κ3) is 4.62. The van der Waals surface area contributed by atoms with E-state index in [1.165, 1.54) is 0 Å². The number of nitrogens with two attached hydrogens (primary N) is 1. The first-order chi connectivity index (χ1) is 10.1. The van der Waals surface area contributed by atoms with Gasteiger partial charge in [-0.1, -0.05) is 28.1 Å². The van der Waals surface area contributed by atoms with Crippen molar-refractivity contribution in [3.8, 4) is 0 Å². The summed E-state index contributed by atoms with van der Waals surface area (Å²) >= 11 is 3.35. The Morgan fingerprint density at radius 3 is 2.71 bits per heavy atom. The summed E-state index contributed by atoms with van der Waals surface area (Å²) in [7, 11) is 0. The van der Waals surface area contributed by atoms with E-state index < -0.39 is 0 Å². The van der Waals surface area contributed by atoms with Gasteiger partial charge in [-0.2, -0.15) is 0 Å². The molecule has 1 aromatic rings. The highest BCUT2D eigenvalue weighted by Crippen LogP contribution is 2.14. The number of hydrogen-bond donors (Lipinski definition) is 1. The highest BCUT2D eigenvalue weighted by Gasteiger charge is 2.27. The van der Waals surface area contributed by atoms with Crippen LogP contribution in [0.5, 0.6) is 0 Å². The van der Waals surface area contributed by atoms with Crippen molar-refractivity contribution >= 4 is 27.6 Å². The molecular weight excluding hydrogens is 336 g/mol. The molecule has 1 aliphatic rings. The molecule has 5 nitrogen and oxygen atoms in total. The number of ether oxygens (including phenoxy) is 1. The fraction of sp³-hybridized carbons (Fsp3) is 0.467. The monoisotopic (exact) mass is 354 g/mol.